The smallest absolute Gasteiger partial charge is 0.00387 e. The van der Waals surface area contributed by atoms with Gasteiger partial charge in [-0.25, -0.2) is 0 Å². The van der Waals surface area contributed by atoms with Crippen molar-refractivity contribution < 1.29 is 0 Å². The Morgan fingerprint density at radius 1 is 1.00 bits per heavy atom. The summed E-state index contributed by atoms with van der Waals surface area (Å²) < 4.78 is 0. The summed E-state index contributed by atoms with van der Waals surface area (Å²) in [6.07, 6.45) is 7.19. The highest BCUT2D eigenvalue weighted by Gasteiger charge is 2.23. The Kier molecular flexibility index (Phi) is 4.66. The molecule has 0 aliphatic carbocycles. The van der Waals surface area contributed by atoms with Gasteiger partial charge in [-0.2, -0.15) is 0 Å². The van der Waals surface area contributed by atoms with Crippen molar-refractivity contribution in [3.8, 4) is 0 Å². The van der Waals surface area contributed by atoms with Crippen molar-refractivity contribution >= 4 is 0 Å². The quantitative estimate of drug-likeness (QED) is 0.727. The fourth-order valence-corrected chi connectivity index (χ4v) is 3.22. The van der Waals surface area contributed by atoms with E-state index >= 15 is 0 Å². The first-order chi connectivity index (χ1) is 7.75. The highest BCUT2D eigenvalue weighted by atomic mass is 15.2. The molecule has 2 heterocycles. The molecule has 2 nitrogen and oxygen atoms in total. The summed E-state index contributed by atoms with van der Waals surface area (Å²) in [6, 6.07) is 0.740. The van der Waals surface area contributed by atoms with Crippen molar-refractivity contribution in [2.24, 2.45) is 5.92 Å². The molecule has 2 rings (SSSR count). The monoisotopic (exact) mass is 224 g/mol. The van der Waals surface area contributed by atoms with Crippen LogP contribution in [0.1, 0.15) is 46.0 Å². The van der Waals surface area contributed by atoms with Crippen LogP contribution in [-0.4, -0.2) is 48.6 Å². The molecule has 0 aromatic rings. The second-order valence-electron chi connectivity index (χ2n) is 5.96. The Morgan fingerprint density at radius 3 is 2.44 bits per heavy atom. The van der Waals surface area contributed by atoms with E-state index in [2.05, 4.69) is 23.6 Å². The second kappa shape index (κ2) is 6.02. The van der Waals surface area contributed by atoms with Crippen molar-refractivity contribution in [3.63, 3.8) is 0 Å². The zero-order valence-corrected chi connectivity index (χ0v) is 11.1. The second-order valence-corrected chi connectivity index (χ2v) is 5.96. The van der Waals surface area contributed by atoms with E-state index in [1.165, 1.54) is 64.8 Å². The molecule has 0 amide bonds. The van der Waals surface area contributed by atoms with Crippen LogP contribution in [0, 0.1) is 5.92 Å². The first-order valence-corrected chi connectivity index (χ1v) is 7.22. The van der Waals surface area contributed by atoms with Gasteiger partial charge < -0.3 is 9.80 Å². The molecule has 0 saturated carbocycles. The number of hydrogen-bond donors (Lipinski definition) is 0. The molecule has 2 heteroatoms. The lowest BCUT2D eigenvalue weighted by Gasteiger charge is -2.38. The van der Waals surface area contributed by atoms with Crippen LogP contribution in [0.15, 0.2) is 0 Å². The number of rotatable bonds is 3. The van der Waals surface area contributed by atoms with Crippen molar-refractivity contribution in [1.82, 2.24) is 9.80 Å². The van der Waals surface area contributed by atoms with Crippen LogP contribution in [0.3, 0.4) is 0 Å². The summed E-state index contributed by atoms with van der Waals surface area (Å²) in [5, 5.41) is 0. The van der Waals surface area contributed by atoms with Crippen molar-refractivity contribution in [2.75, 3.05) is 32.7 Å². The van der Waals surface area contributed by atoms with Gasteiger partial charge in [0.05, 0.1) is 0 Å². The van der Waals surface area contributed by atoms with Gasteiger partial charge >= 0.3 is 0 Å². The van der Waals surface area contributed by atoms with E-state index in [9.17, 15) is 0 Å². The number of hydrogen-bond acceptors (Lipinski definition) is 2. The fraction of sp³-hybridized carbons (Fsp3) is 1.00. The summed E-state index contributed by atoms with van der Waals surface area (Å²) in [4.78, 5) is 5.37. The van der Waals surface area contributed by atoms with Crippen LogP contribution in [-0.2, 0) is 0 Å². The van der Waals surface area contributed by atoms with Gasteiger partial charge in [0.25, 0.3) is 0 Å². The van der Waals surface area contributed by atoms with Crippen LogP contribution in [0.2, 0.25) is 0 Å². The first kappa shape index (κ1) is 12.4. The van der Waals surface area contributed by atoms with E-state index in [0.29, 0.717) is 0 Å². The molecule has 94 valence electrons. The topological polar surface area (TPSA) is 6.48 Å². The molecule has 2 saturated heterocycles. The van der Waals surface area contributed by atoms with E-state index in [1.807, 2.05) is 0 Å². The lowest BCUT2D eigenvalue weighted by molar-refractivity contribution is 0.103. The van der Waals surface area contributed by atoms with E-state index in [4.69, 9.17) is 0 Å². The minimum Gasteiger partial charge on any atom is -0.303 e. The lowest BCUT2D eigenvalue weighted by atomic mass is 9.95. The maximum absolute atomic E-state index is 2.71. The minimum absolute atomic E-state index is 0.740. The van der Waals surface area contributed by atoms with Crippen LogP contribution in [0.4, 0.5) is 0 Å². The zero-order valence-electron chi connectivity index (χ0n) is 11.1. The molecule has 0 N–H and O–H groups in total. The predicted octanol–water partition coefficient (Wildman–Crippen LogP) is 2.59. The Labute approximate surface area is 101 Å². The Balaban J connectivity index is 1.75. The molecule has 1 atom stereocenters. The molecule has 2 aliphatic rings. The zero-order chi connectivity index (χ0) is 11.4. The SMILES string of the molecule is CC(C)N1CCCC(CN2CCCCC2)C1. The average Bonchev–Trinajstić information content (AvgIpc) is 2.30. The normalized spacial score (nSPS) is 29.8. The average molecular weight is 224 g/mol. The molecule has 0 spiro atoms. The Hall–Kier alpha value is -0.0800. The standard InChI is InChI=1S/C14H28N2/c1-13(2)16-10-6-7-14(12-16)11-15-8-4-3-5-9-15/h13-14H,3-12H2,1-2H3. The molecule has 0 aromatic heterocycles. The third-order valence-electron chi connectivity index (χ3n) is 4.25. The molecule has 2 fully saturated rings. The summed E-state index contributed by atoms with van der Waals surface area (Å²) in [6.45, 7) is 11.4. The third-order valence-corrected chi connectivity index (χ3v) is 4.25. The van der Waals surface area contributed by atoms with Gasteiger partial charge in [0.15, 0.2) is 0 Å². The van der Waals surface area contributed by atoms with Gasteiger partial charge in [-0.05, 0) is 65.1 Å². The highest BCUT2D eigenvalue weighted by Crippen LogP contribution is 2.21. The van der Waals surface area contributed by atoms with Crippen LogP contribution in [0.5, 0.6) is 0 Å². The molecule has 16 heavy (non-hydrogen) atoms. The van der Waals surface area contributed by atoms with Gasteiger partial charge in [-0.3, -0.25) is 0 Å². The fourth-order valence-electron chi connectivity index (χ4n) is 3.22. The summed E-state index contributed by atoms with van der Waals surface area (Å²) in [7, 11) is 0. The van der Waals surface area contributed by atoms with Gasteiger partial charge in [0.1, 0.15) is 0 Å². The van der Waals surface area contributed by atoms with Crippen molar-refractivity contribution in [2.45, 2.75) is 52.0 Å². The highest BCUT2D eigenvalue weighted by molar-refractivity contribution is 4.78. The van der Waals surface area contributed by atoms with Crippen LogP contribution in [0.25, 0.3) is 0 Å². The Bertz CT molecular complexity index is 197. The van der Waals surface area contributed by atoms with E-state index < -0.39 is 0 Å². The van der Waals surface area contributed by atoms with Crippen LogP contribution < -0.4 is 0 Å². The molecule has 0 aromatic carbocycles. The van der Waals surface area contributed by atoms with Gasteiger partial charge in [-0.15, -0.1) is 0 Å². The summed E-state index contributed by atoms with van der Waals surface area (Å²) in [5.74, 6) is 0.939. The third kappa shape index (κ3) is 3.46. The lowest BCUT2D eigenvalue weighted by Crippen LogP contribution is -2.44. The van der Waals surface area contributed by atoms with Crippen molar-refractivity contribution in [1.29, 1.82) is 0 Å². The number of likely N-dealkylation sites (tertiary alicyclic amines) is 2. The summed E-state index contributed by atoms with van der Waals surface area (Å²) >= 11 is 0. The van der Waals surface area contributed by atoms with E-state index in [1.54, 1.807) is 0 Å². The van der Waals surface area contributed by atoms with Crippen molar-refractivity contribution in [3.05, 3.63) is 0 Å². The molecule has 1 unspecified atom stereocenters. The van der Waals surface area contributed by atoms with Gasteiger partial charge in [0, 0.05) is 19.1 Å². The maximum Gasteiger partial charge on any atom is 0.00387 e. The molecular formula is C14H28N2. The Morgan fingerprint density at radius 2 is 1.75 bits per heavy atom. The minimum atomic E-state index is 0.740. The van der Waals surface area contributed by atoms with E-state index in [0.717, 1.165) is 12.0 Å². The maximum atomic E-state index is 2.71. The number of piperidine rings is 2. The molecule has 2 aliphatic heterocycles. The molecule has 0 bridgehead atoms. The molecule has 0 radical (unpaired) electrons. The van der Waals surface area contributed by atoms with Crippen LogP contribution >= 0.6 is 0 Å². The molecular weight excluding hydrogens is 196 g/mol. The van der Waals surface area contributed by atoms with E-state index in [-0.39, 0.29) is 0 Å². The predicted molar refractivity (Wildman–Crippen MR) is 69.7 cm³/mol. The number of nitrogens with zero attached hydrogens (tertiary/aromatic N) is 2. The summed E-state index contributed by atoms with van der Waals surface area (Å²) in [5.41, 5.74) is 0. The first-order valence-electron chi connectivity index (χ1n) is 7.22. The van der Waals surface area contributed by atoms with Gasteiger partial charge in [0.2, 0.25) is 0 Å². The van der Waals surface area contributed by atoms with Gasteiger partial charge in [-0.1, -0.05) is 6.42 Å². The largest absolute Gasteiger partial charge is 0.303 e.